The maximum Gasteiger partial charge on any atom is 0.241 e. The van der Waals surface area contributed by atoms with Crippen molar-refractivity contribution in [1.29, 1.82) is 5.26 Å². The van der Waals surface area contributed by atoms with Gasteiger partial charge in [-0.3, -0.25) is 4.79 Å². The summed E-state index contributed by atoms with van der Waals surface area (Å²) in [6.45, 7) is 1.73. The minimum Gasteiger partial charge on any atom is -0.399 e. The van der Waals surface area contributed by atoms with Gasteiger partial charge in [0, 0.05) is 31.5 Å². The number of hydrogen-bond acceptors (Lipinski definition) is 4. The van der Waals surface area contributed by atoms with Gasteiger partial charge in [0.25, 0.3) is 0 Å². The summed E-state index contributed by atoms with van der Waals surface area (Å²) < 4.78 is 0. The van der Waals surface area contributed by atoms with Crippen LogP contribution in [0.5, 0.6) is 0 Å². The van der Waals surface area contributed by atoms with Gasteiger partial charge < -0.3 is 15.5 Å². The van der Waals surface area contributed by atoms with E-state index in [1.165, 1.54) is 5.56 Å². The standard InChI is InChI=1S/C15H20N4O/c1-18(8-3-7-16)15(20)11-19-9-2-4-12-10-13(17)5-6-14(12)19/h5-6,10H,2-4,8-9,11,17H2,1H3. The molecule has 1 aromatic rings. The zero-order valence-electron chi connectivity index (χ0n) is 11.8. The Morgan fingerprint density at radius 1 is 1.55 bits per heavy atom. The van der Waals surface area contributed by atoms with Crippen LogP contribution in [-0.4, -0.2) is 37.5 Å². The molecule has 1 aliphatic heterocycles. The van der Waals surface area contributed by atoms with E-state index in [9.17, 15) is 4.79 Å². The summed E-state index contributed by atoms with van der Waals surface area (Å²) in [4.78, 5) is 15.9. The van der Waals surface area contributed by atoms with E-state index in [4.69, 9.17) is 11.0 Å². The van der Waals surface area contributed by atoms with E-state index < -0.39 is 0 Å². The number of likely N-dealkylation sites (N-methyl/N-ethyl adjacent to an activating group) is 1. The summed E-state index contributed by atoms with van der Waals surface area (Å²) in [5.41, 5.74) is 8.89. The molecule has 1 aliphatic rings. The summed E-state index contributed by atoms with van der Waals surface area (Å²) in [7, 11) is 1.74. The molecular formula is C15H20N4O. The number of carbonyl (C=O) groups is 1. The van der Waals surface area contributed by atoms with Crippen molar-refractivity contribution < 1.29 is 4.79 Å². The molecule has 106 valence electrons. The summed E-state index contributed by atoms with van der Waals surface area (Å²) in [5, 5.41) is 8.56. The SMILES string of the molecule is CN(CCC#N)C(=O)CN1CCCc2cc(N)ccc21. The molecule has 5 heteroatoms. The normalized spacial score (nSPS) is 13.5. The van der Waals surface area contributed by atoms with Crippen molar-refractivity contribution >= 4 is 17.3 Å². The molecule has 1 heterocycles. The topological polar surface area (TPSA) is 73.4 Å². The molecule has 0 saturated carbocycles. The van der Waals surface area contributed by atoms with E-state index in [0.717, 1.165) is 30.8 Å². The highest BCUT2D eigenvalue weighted by Crippen LogP contribution is 2.28. The van der Waals surface area contributed by atoms with Crippen LogP contribution in [-0.2, 0) is 11.2 Å². The Morgan fingerprint density at radius 3 is 3.10 bits per heavy atom. The molecule has 0 fully saturated rings. The van der Waals surface area contributed by atoms with Crippen molar-refractivity contribution in [3.8, 4) is 6.07 Å². The lowest BCUT2D eigenvalue weighted by molar-refractivity contribution is -0.128. The van der Waals surface area contributed by atoms with Gasteiger partial charge in [0.15, 0.2) is 0 Å². The summed E-state index contributed by atoms with van der Waals surface area (Å²) in [6, 6.07) is 7.92. The molecule has 0 atom stereocenters. The lowest BCUT2D eigenvalue weighted by Gasteiger charge is -2.32. The number of nitrogens with zero attached hydrogens (tertiary/aromatic N) is 3. The van der Waals surface area contributed by atoms with Crippen LogP contribution in [0.15, 0.2) is 18.2 Å². The Bertz CT molecular complexity index is 535. The van der Waals surface area contributed by atoms with Crippen molar-refractivity contribution in [1.82, 2.24) is 4.90 Å². The van der Waals surface area contributed by atoms with Crippen LogP contribution in [0.25, 0.3) is 0 Å². The average Bonchev–Trinajstić information content (AvgIpc) is 2.44. The van der Waals surface area contributed by atoms with Crippen LogP contribution in [0.4, 0.5) is 11.4 Å². The quantitative estimate of drug-likeness (QED) is 0.841. The number of aryl methyl sites for hydroxylation is 1. The molecular weight excluding hydrogens is 252 g/mol. The van der Waals surface area contributed by atoms with Crippen LogP contribution >= 0.6 is 0 Å². The Morgan fingerprint density at radius 2 is 2.35 bits per heavy atom. The summed E-state index contributed by atoms with van der Waals surface area (Å²) in [5.74, 6) is 0.0462. The average molecular weight is 272 g/mol. The smallest absolute Gasteiger partial charge is 0.241 e. The third-order valence-electron chi connectivity index (χ3n) is 3.63. The largest absolute Gasteiger partial charge is 0.399 e. The Labute approximate surface area is 119 Å². The Kier molecular flexibility index (Phi) is 4.46. The third-order valence-corrected chi connectivity index (χ3v) is 3.63. The fourth-order valence-corrected chi connectivity index (χ4v) is 2.49. The van der Waals surface area contributed by atoms with Gasteiger partial charge in [-0.25, -0.2) is 0 Å². The molecule has 20 heavy (non-hydrogen) atoms. The lowest BCUT2D eigenvalue weighted by Crippen LogP contribution is -2.41. The molecule has 0 spiro atoms. The lowest BCUT2D eigenvalue weighted by atomic mass is 10.0. The van der Waals surface area contributed by atoms with Gasteiger partial charge in [-0.2, -0.15) is 5.26 Å². The maximum atomic E-state index is 12.1. The maximum absolute atomic E-state index is 12.1. The van der Waals surface area contributed by atoms with E-state index in [0.29, 0.717) is 19.5 Å². The Hall–Kier alpha value is -2.22. The fraction of sp³-hybridized carbons (Fsp3) is 0.467. The molecule has 2 rings (SSSR count). The van der Waals surface area contributed by atoms with Gasteiger partial charge in [-0.1, -0.05) is 0 Å². The first-order valence-electron chi connectivity index (χ1n) is 6.86. The van der Waals surface area contributed by atoms with Crippen LogP contribution < -0.4 is 10.6 Å². The number of fused-ring (bicyclic) bond motifs is 1. The van der Waals surface area contributed by atoms with Crippen molar-refractivity contribution in [2.24, 2.45) is 0 Å². The van der Waals surface area contributed by atoms with Crippen molar-refractivity contribution in [2.75, 3.05) is 37.3 Å². The van der Waals surface area contributed by atoms with Crippen molar-refractivity contribution in [3.05, 3.63) is 23.8 Å². The monoisotopic (exact) mass is 272 g/mol. The number of anilines is 2. The predicted octanol–water partition coefficient (Wildman–Crippen LogP) is 1.39. The number of benzene rings is 1. The predicted molar refractivity (Wildman–Crippen MR) is 79.3 cm³/mol. The van der Waals surface area contributed by atoms with Gasteiger partial charge in [-0.05, 0) is 36.6 Å². The van der Waals surface area contributed by atoms with E-state index in [-0.39, 0.29) is 5.91 Å². The first kappa shape index (κ1) is 14.2. The number of nitrogens with two attached hydrogens (primary N) is 1. The molecule has 0 saturated heterocycles. The number of rotatable bonds is 4. The van der Waals surface area contributed by atoms with Gasteiger partial charge >= 0.3 is 0 Å². The molecule has 1 aromatic carbocycles. The highest BCUT2D eigenvalue weighted by atomic mass is 16.2. The number of carbonyl (C=O) groups excluding carboxylic acids is 1. The molecule has 1 amide bonds. The molecule has 0 aromatic heterocycles. The van der Waals surface area contributed by atoms with Crippen molar-refractivity contribution in [3.63, 3.8) is 0 Å². The van der Waals surface area contributed by atoms with Gasteiger partial charge in [-0.15, -0.1) is 0 Å². The Balaban J connectivity index is 2.05. The molecule has 5 nitrogen and oxygen atoms in total. The van der Waals surface area contributed by atoms with E-state index in [1.807, 2.05) is 18.2 Å². The van der Waals surface area contributed by atoms with Gasteiger partial charge in [0.05, 0.1) is 19.0 Å². The second-order valence-electron chi connectivity index (χ2n) is 5.14. The minimum absolute atomic E-state index is 0.0462. The number of nitrogen functional groups attached to an aromatic ring is 1. The summed E-state index contributed by atoms with van der Waals surface area (Å²) in [6.07, 6.45) is 2.41. The second kappa shape index (κ2) is 6.29. The molecule has 0 radical (unpaired) electrons. The first-order chi connectivity index (χ1) is 9.61. The summed E-state index contributed by atoms with van der Waals surface area (Å²) >= 11 is 0. The molecule has 2 N–H and O–H groups in total. The van der Waals surface area contributed by atoms with E-state index in [1.54, 1.807) is 11.9 Å². The minimum atomic E-state index is 0.0462. The van der Waals surface area contributed by atoms with E-state index in [2.05, 4.69) is 11.0 Å². The van der Waals surface area contributed by atoms with Crippen LogP contribution in [0, 0.1) is 11.3 Å². The van der Waals surface area contributed by atoms with Gasteiger partial charge in [0.2, 0.25) is 5.91 Å². The van der Waals surface area contributed by atoms with Crippen LogP contribution in [0.2, 0.25) is 0 Å². The van der Waals surface area contributed by atoms with Gasteiger partial charge in [0.1, 0.15) is 0 Å². The highest BCUT2D eigenvalue weighted by Gasteiger charge is 2.20. The van der Waals surface area contributed by atoms with Crippen LogP contribution in [0.3, 0.4) is 0 Å². The van der Waals surface area contributed by atoms with Crippen LogP contribution in [0.1, 0.15) is 18.4 Å². The number of hydrogen-bond donors (Lipinski definition) is 1. The highest BCUT2D eigenvalue weighted by molar-refractivity contribution is 5.82. The first-order valence-corrected chi connectivity index (χ1v) is 6.86. The van der Waals surface area contributed by atoms with Crippen molar-refractivity contribution in [2.45, 2.75) is 19.3 Å². The zero-order chi connectivity index (χ0) is 14.5. The third kappa shape index (κ3) is 3.21. The molecule has 0 aliphatic carbocycles. The zero-order valence-corrected chi connectivity index (χ0v) is 11.8. The molecule has 0 bridgehead atoms. The number of amides is 1. The molecule has 0 unspecified atom stereocenters. The van der Waals surface area contributed by atoms with E-state index >= 15 is 0 Å². The number of nitriles is 1. The second-order valence-corrected chi connectivity index (χ2v) is 5.14. The fourth-order valence-electron chi connectivity index (χ4n) is 2.49.